The summed E-state index contributed by atoms with van der Waals surface area (Å²) in [4.78, 5) is 15.0. The molecule has 0 fully saturated rings. The molecule has 0 spiro atoms. The lowest BCUT2D eigenvalue weighted by atomic mass is 10.1. The van der Waals surface area contributed by atoms with Crippen LogP contribution in [0.1, 0.15) is 45.9 Å². The predicted molar refractivity (Wildman–Crippen MR) is 76.4 cm³/mol. The maximum Gasteiger partial charge on any atom is 0.355 e. The average molecular weight is 291 g/mol. The van der Waals surface area contributed by atoms with Crippen molar-refractivity contribution in [1.29, 1.82) is 0 Å². The number of hydrogen-bond donors (Lipinski definition) is 2. The molecule has 1 aromatic carbocycles. The fourth-order valence-electron chi connectivity index (χ4n) is 2.40. The van der Waals surface area contributed by atoms with E-state index in [4.69, 9.17) is 4.74 Å². The van der Waals surface area contributed by atoms with E-state index >= 15 is 0 Å². The van der Waals surface area contributed by atoms with Gasteiger partial charge in [-0.2, -0.15) is 0 Å². The zero-order chi connectivity index (χ0) is 15.6. The quantitative estimate of drug-likeness (QED) is 0.850. The van der Waals surface area contributed by atoms with Crippen molar-refractivity contribution in [3.63, 3.8) is 0 Å². The standard InChI is InChI=1S/C16H18FNO3/c1-9-14(11(3)19)10(2)18-15(9)16(20)21-8-12-4-6-13(17)7-5-12/h4-7,11,18-19H,8H2,1-3H3/t11-/m1/s1. The molecule has 112 valence electrons. The lowest BCUT2D eigenvalue weighted by molar-refractivity contribution is 0.0465. The number of aliphatic hydroxyl groups is 1. The van der Waals surface area contributed by atoms with Gasteiger partial charge in [0.2, 0.25) is 0 Å². The average Bonchev–Trinajstić information content (AvgIpc) is 2.73. The van der Waals surface area contributed by atoms with Crippen molar-refractivity contribution in [1.82, 2.24) is 4.98 Å². The van der Waals surface area contributed by atoms with Crippen LogP contribution in [0.5, 0.6) is 0 Å². The Morgan fingerprint density at radius 2 is 1.95 bits per heavy atom. The van der Waals surface area contributed by atoms with Crippen LogP contribution >= 0.6 is 0 Å². The van der Waals surface area contributed by atoms with Crippen LogP contribution in [0.2, 0.25) is 0 Å². The minimum absolute atomic E-state index is 0.0701. The first kappa shape index (κ1) is 15.3. The maximum absolute atomic E-state index is 12.8. The summed E-state index contributed by atoms with van der Waals surface area (Å²) in [7, 11) is 0. The van der Waals surface area contributed by atoms with Crippen LogP contribution < -0.4 is 0 Å². The number of esters is 1. The van der Waals surface area contributed by atoms with E-state index in [0.717, 1.165) is 5.69 Å². The predicted octanol–water partition coefficient (Wildman–Crippen LogP) is 3.18. The summed E-state index contributed by atoms with van der Waals surface area (Å²) < 4.78 is 18.0. The number of carbonyl (C=O) groups excluding carboxylic acids is 1. The molecule has 0 radical (unpaired) electrons. The second kappa shape index (κ2) is 6.10. The first-order valence-corrected chi connectivity index (χ1v) is 6.69. The number of carbonyl (C=O) groups is 1. The fraction of sp³-hybridized carbons (Fsp3) is 0.312. The fourth-order valence-corrected chi connectivity index (χ4v) is 2.40. The smallest absolute Gasteiger partial charge is 0.355 e. The Morgan fingerprint density at radius 3 is 2.48 bits per heavy atom. The molecular formula is C16H18FNO3. The number of aryl methyl sites for hydroxylation is 1. The Labute approximate surface area is 122 Å². The number of hydrogen-bond acceptors (Lipinski definition) is 3. The van der Waals surface area contributed by atoms with Crippen LogP contribution in [0.15, 0.2) is 24.3 Å². The van der Waals surface area contributed by atoms with Crippen molar-refractivity contribution >= 4 is 5.97 Å². The Morgan fingerprint density at radius 1 is 1.33 bits per heavy atom. The molecule has 1 atom stereocenters. The van der Waals surface area contributed by atoms with E-state index in [-0.39, 0.29) is 12.4 Å². The number of aromatic amines is 1. The molecule has 0 saturated heterocycles. The Bertz CT molecular complexity index is 644. The van der Waals surface area contributed by atoms with E-state index in [1.807, 2.05) is 0 Å². The Balaban J connectivity index is 2.10. The molecule has 0 saturated carbocycles. The zero-order valence-corrected chi connectivity index (χ0v) is 12.2. The lowest BCUT2D eigenvalue weighted by Crippen LogP contribution is -2.07. The SMILES string of the molecule is Cc1[nH]c(C(=O)OCc2ccc(F)cc2)c(C)c1[C@@H](C)O. The molecule has 5 heteroatoms. The van der Waals surface area contributed by atoms with E-state index < -0.39 is 12.1 Å². The first-order valence-electron chi connectivity index (χ1n) is 6.69. The number of rotatable bonds is 4. The van der Waals surface area contributed by atoms with Gasteiger partial charge in [-0.05, 0) is 44.0 Å². The third kappa shape index (κ3) is 3.31. The number of H-pyrrole nitrogens is 1. The number of aliphatic hydroxyl groups excluding tert-OH is 1. The van der Waals surface area contributed by atoms with Crippen LogP contribution in [0.4, 0.5) is 4.39 Å². The Hall–Kier alpha value is -2.14. The van der Waals surface area contributed by atoms with E-state index in [2.05, 4.69) is 4.98 Å². The summed E-state index contributed by atoms with van der Waals surface area (Å²) >= 11 is 0. The largest absolute Gasteiger partial charge is 0.456 e. The molecule has 2 rings (SSSR count). The topological polar surface area (TPSA) is 62.3 Å². The van der Waals surface area contributed by atoms with Gasteiger partial charge >= 0.3 is 5.97 Å². The molecule has 1 heterocycles. The molecule has 0 unspecified atom stereocenters. The molecule has 0 bridgehead atoms. The second-order valence-corrected chi connectivity index (χ2v) is 5.04. The summed E-state index contributed by atoms with van der Waals surface area (Å²) in [5.74, 6) is -0.825. The normalized spacial score (nSPS) is 12.2. The summed E-state index contributed by atoms with van der Waals surface area (Å²) in [6.07, 6.45) is -0.653. The third-order valence-electron chi connectivity index (χ3n) is 3.40. The van der Waals surface area contributed by atoms with Gasteiger partial charge in [-0.3, -0.25) is 0 Å². The minimum Gasteiger partial charge on any atom is -0.456 e. The van der Waals surface area contributed by atoms with Gasteiger partial charge in [0.1, 0.15) is 18.1 Å². The van der Waals surface area contributed by atoms with E-state index in [0.29, 0.717) is 22.4 Å². The zero-order valence-electron chi connectivity index (χ0n) is 12.2. The van der Waals surface area contributed by atoms with Crippen LogP contribution in [-0.4, -0.2) is 16.1 Å². The molecule has 1 aromatic heterocycles. The monoisotopic (exact) mass is 291 g/mol. The van der Waals surface area contributed by atoms with E-state index in [1.165, 1.54) is 12.1 Å². The Kier molecular flexibility index (Phi) is 4.43. The summed E-state index contributed by atoms with van der Waals surface area (Å²) in [5, 5.41) is 9.71. The molecule has 4 nitrogen and oxygen atoms in total. The van der Waals surface area contributed by atoms with Gasteiger partial charge in [0.25, 0.3) is 0 Å². The highest BCUT2D eigenvalue weighted by Crippen LogP contribution is 2.25. The molecule has 2 aromatic rings. The summed E-state index contributed by atoms with van der Waals surface area (Å²) in [5.41, 5.74) is 3.19. The van der Waals surface area contributed by atoms with Crippen molar-refractivity contribution in [2.24, 2.45) is 0 Å². The third-order valence-corrected chi connectivity index (χ3v) is 3.40. The van der Waals surface area contributed by atoms with Crippen molar-refractivity contribution in [3.05, 3.63) is 58.2 Å². The van der Waals surface area contributed by atoms with Gasteiger partial charge in [0.15, 0.2) is 0 Å². The van der Waals surface area contributed by atoms with E-state index in [1.54, 1.807) is 32.9 Å². The van der Waals surface area contributed by atoms with Crippen molar-refractivity contribution in [2.45, 2.75) is 33.5 Å². The van der Waals surface area contributed by atoms with Crippen LogP contribution in [0.25, 0.3) is 0 Å². The van der Waals surface area contributed by atoms with Crippen molar-refractivity contribution in [3.8, 4) is 0 Å². The van der Waals surface area contributed by atoms with Crippen LogP contribution in [0, 0.1) is 19.7 Å². The molecular weight excluding hydrogens is 273 g/mol. The maximum atomic E-state index is 12.8. The van der Waals surface area contributed by atoms with Gasteiger partial charge in [-0.25, -0.2) is 9.18 Å². The van der Waals surface area contributed by atoms with E-state index in [9.17, 15) is 14.3 Å². The number of benzene rings is 1. The number of nitrogens with one attached hydrogen (secondary N) is 1. The van der Waals surface area contributed by atoms with Crippen LogP contribution in [-0.2, 0) is 11.3 Å². The van der Waals surface area contributed by atoms with Gasteiger partial charge in [-0.1, -0.05) is 12.1 Å². The summed E-state index contributed by atoms with van der Waals surface area (Å²) in [6.45, 7) is 5.28. The molecule has 0 aliphatic rings. The molecule has 0 amide bonds. The van der Waals surface area contributed by atoms with Gasteiger partial charge in [0, 0.05) is 11.3 Å². The van der Waals surface area contributed by atoms with Gasteiger partial charge in [0.05, 0.1) is 6.10 Å². The van der Waals surface area contributed by atoms with Gasteiger partial charge < -0.3 is 14.8 Å². The molecule has 0 aliphatic carbocycles. The molecule has 0 aliphatic heterocycles. The highest BCUT2D eigenvalue weighted by atomic mass is 19.1. The van der Waals surface area contributed by atoms with Crippen LogP contribution in [0.3, 0.4) is 0 Å². The first-order chi connectivity index (χ1) is 9.90. The minimum atomic E-state index is -0.653. The summed E-state index contributed by atoms with van der Waals surface area (Å²) in [6, 6.07) is 5.77. The highest BCUT2D eigenvalue weighted by Gasteiger charge is 2.20. The number of ether oxygens (including phenoxy) is 1. The van der Waals surface area contributed by atoms with Crippen molar-refractivity contribution < 1.29 is 19.0 Å². The van der Waals surface area contributed by atoms with Crippen molar-refractivity contribution in [2.75, 3.05) is 0 Å². The highest BCUT2D eigenvalue weighted by molar-refractivity contribution is 5.89. The van der Waals surface area contributed by atoms with Gasteiger partial charge in [-0.15, -0.1) is 0 Å². The number of aromatic nitrogens is 1. The molecule has 2 N–H and O–H groups in total. The number of halogens is 1. The lowest BCUT2D eigenvalue weighted by Gasteiger charge is -2.06. The second-order valence-electron chi connectivity index (χ2n) is 5.04. The molecule has 21 heavy (non-hydrogen) atoms.